The zero-order valence-corrected chi connectivity index (χ0v) is 17.9. The van der Waals surface area contributed by atoms with E-state index in [2.05, 4.69) is 6.92 Å². The quantitative estimate of drug-likeness (QED) is 0.289. The van der Waals surface area contributed by atoms with E-state index in [4.69, 9.17) is 4.74 Å². The first-order chi connectivity index (χ1) is 14.5. The number of Topliss-reactive ketones (excluding diaryl/α,β-unsaturated/α-hetero) is 1. The number of ether oxygens (including phenoxy) is 1. The fourth-order valence-corrected chi connectivity index (χ4v) is 3.86. The van der Waals surface area contributed by atoms with Gasteiger partial charge in [0.2, 0.25) is 0 Å². The smallest absolute Gasteiger partial charge is 0.295 e. The standard InChI is InChI=1S/C25H29NO4/c1-4-6-7-15-26-22(19-10-8-9-17(3)16-19)21(24(28)25(26)29)23(27)18-11-13-20(14-12-18)30-5-2/h8-14,16,22,27H,4-7,15H2,1-3H3/b23-21-. The van der Waals surface area contributed by atoms with Crippen LogP contribution in [0, 0.1) is 6.92 Å². The first-order valence-electron chi connectivity index (χ1n) is 10.6. The number of amides is 1. The molecular formula is C25H29NO4. The Morgan fingerprint density at radius 3 is 2.43 bits per heavy atom. The summed E-state index contributed by atoms with van der Waals surface area (Å²) in [5.74, 6) is -0.653. The van der Waals surface area contributed by atoms with Gasteiger partial charge in [-0.1, -0.05) is 49.6 Å². The van der Waals surface area contributed by atoms with Gasteiger partial charge in [-0.05, 0) is 50.1 Å². The number of carbonyl (C=O) groups excluding carboxylic acids is 2. The van der Waals surface area contributed by atoms with Crippen LogP contribution in [0.3, 0.4) is 0 Å². The number of carbonyl (C=O) groups is 2. The number of ketones is 1. The average Bonchev–Trinajstić information content (AvgIpc) is 2.99. The van der Waals surface area contributed by atoms with E-state index in [1.165, 1.54) is 0 Å². The number of aliphatic hydroxyl groups is 1. The summed E-state index contributed by atoms with van der Waals surface area (Å²) in [5, 5.41) is 11.1. The predicted octanol–water partition coefficient (Wildman–Crippen LogP) is 5.01. The van der Waals surface area contributed by atoms with Crippen molar-refractivity contribution in [3.8, 4) is 5.75 Å². The molecule has 1 amide bonds. The average molecular weight is 408 g/mol. The molecule has 158 valence electrons. The second-order valence-corrected chi connectivity index (χ2v) is 7.57. The third kappa shape index (κ3) is 4.40. The van der Waals surface area contributed by atoms with E-state index >= 15 is 0 Å². The number of unbranched alkanes of at least 4 members (excludes halogenated alkanes) is 2. The van der Waals surface area contributed by atoms with Crippen LogP contribution >= 0.6 is 0 Å². The van der Waals surface area contributed by atoms with Crippen molar-refractivity contribution in [1.29, 1.82) is 0 Å². The van der Waals surface area contributed by atoms with E-state index in [1.807, 2.05) is 38.1 Å². The zero-order valence-electron chi connectivity index (χ0n) is 17.9. The summed E-state index contributed by atoms with van der Waals surface area (Å²) < 4.78 is 5.45. The normalized spacial score (nSPS) is 18.1. The van der Waals surface area contributed by atoms with Gasteiger partial charge in [0, 0.05) is 12.1 Å². The van der Waals surface area contributed by atoms with Gasteiger partial charge in [-0.2, -0.15) is 0 Å². The highest BCUT2D eigenvalue weighted by molar-refractivity contribution is 6.46. The number of likely N-dealkylation sites (tertiary alicyclic amines) is 1. The van der Waals surface area contributed by atoms with E-state index in [0.29, 0.717) is 24.5 Å². The van der Waals surface area contributed by atoms with Crippen molar-refractivity contribution in [2.45, 2.75) is 46.1 Å². The molecule has 1 aliphatic rings. The molecule has 1 atom stereocenters. The molecule has 3 rings (SSSR count). The third-order valence-corrected chi connectivity index (χ3v) is 5.34. The molecule has 5 heteroatoms. The van der Waals surface area contributed by atoms with Gasteiger partial charge in [-0.3, -0.25) is 9.59 Å². The third-order valence-electron chi connectivity index (χ3n) is 5.34. The van der Waals surface area contributed by atoms with Gasteiger partial charge < -0.3 is 14.7 Å². The Hall–Kier alpha value is -3.08. The van der Waals surface area contributed by atoms with Gasteiger partial charge in [-0.25, -0.2) is 0 Å². The minimum Gasteiger partial charge on any atom is -0.507 e. The number of benzene rings is 2. The lowest BCUT2D eigenvalue weighted by Crippen LogP contribution is -2.30. The molecule has 0 saturated carbocycles. The highest BCUT2D eigenvalue weighted by Crippen LogP contribution is 2.39. The fourth-order valence-electron chi connectivity index (χ4n) is 3.86. The van der Waals surface area contributed by atoms with Crippen molar-refractivity contribution < 1.29 is 19.4 Å². The highest BCUT2D eigenvalue weighted by Gasteiger charge is 2.45. The molecule has 0 aromatic heterocycles. The maximum atomic E-state index is 13.0. The second-order valence-electron chi connectivity index (χ2n) is 7.57. The Morgan fingerprint density at radius 2 is 1.80 bits per heavy atom. The largest absolute Gasteiger partial charge is 0.507 e. The molecule has 0 aliphatic carbocycles. The van der Waals surface area contributed by atoms with Crippen LogP contribution < -0.4 is 4.74 Å². The molecule has 0 bridgehead atoms. The summed E-state index contributed by atoms with van der Waals surface area (Å²) in [6.45, 7) is 6.99. The fraction of sp³-hybridized carbons (Fsp3) is 0.360. The molecule has 1 N–H and O–H groups in total. The molecule has 1 fully saturated rings. The van der Waals surface area contributed by atoms with Crippen molar-refractivity contribution in [1.82, 2.24) is 4.90 Å². The van der Waals surface area contributed by atoms with Crippen LogP contribution in [0.2, 0.25) is 0 Å². The number of rotatable bonds is 8. The first kappa shape index (κ1) is 21.6. The summed E-state index contributed by atoms with van der Waals surface area (Å²) in [6, 6.07) is 14.1. The molecule has 1 saturated heterocycles. The van der Waals surface area contributed by atoms with Crippen molar-refractivity contribution >= 4 is 17.4 Å². The minimum absolute atomic E-state index is 0.145. The Bertz CT molecular complexity index is 946. The van der Waals surface area contributed by atoms with E-state index in [-0.39, 0.29) is 11.3 Å². The minimum atomic E-state index is -0.635. The lowest BCUT2D eigenvalue weighted by Gasteiger charge is -2.25. The van der Waals surface area contributed by atoms with E-state index in [1.54, 1.807) is 29.2 Å². The summed E-state index contributed by atoms with van der Waals surface area (Å²) in [6.07, 6.45) is 2.81. The molecule has 2 aromatic rings. The lowest BCUT2D eigenvalue weighted by molar-refractivity contribution is -0.139. The van der Waals surface area contributed by atoms with Gasteiger partial charge in [0.1, 0.15) is 11.5 Å². The monoisotopic (exact) mass is 407 g/mol. The van der Waals surface area contributed by atoms with Gasteiger partial charge in [0.05, 0.1) is 18.2 Å². The molecule has 2 aromatic carbocycles. The molecule has 0 radical (unpaired) electrons. The highest BCUT2D eigenvalue weighted by atomic mass is 16.5. The van der Waals surface area contributed by atoms with Crippen molar-refractivity contribution in [3.05, 3.63) is 70.8 Å². The molecule has 0 spiro atoms. The van der Waals surface area contributed by atoms with Crippen molar-refractivity contribution in [2.24, 2.45) is 0 Å². The molecular weight excluding hydrogens is 378 g/mol. The number of aliphatic hydroxyl groups excluding tert-OH is 1. The topological polar surface area (TPSA) is 66.8 Å². The Labute approximate surface area is 178 Å². The molecule has 1 heterocycles. The molecule has 1 unspecified atom stereocenters. The van der Waals surface area contributed by atoms with Gasteiger partial charge in [0.15, 0.2) is 0 Å². The number of hydrogen-bond acceptors (Lipinski definition) is 4. The maximum absolute atomic E-state index is 13.0. The number of aryl methyl sites for hydroxylation is 1. The first-order valence-corrected chi connectivity index (χ1v) is 10.6. The van der Waals surface area contributed by atoms with Crippen molar-refractivity contribution in [3.63, 3.8) is 0 Å². The number of nitrogens with zero attached hydrogens (tertiary/aromatic N) is 1. The van der Waals surface area contributed by atoms with Crippen LogP contribution in [0.4, 0.5) is 0 Å². The molecule has 5 nitrogen and oxygen atoms in total. The lowest BCUT2D eigenvalue weighted by atomic mass is 9.94. The maximum Gasteiger partial charge on any atom is 0.295 e. The van der Waals surface area contributed by atoms with Crippen LogP contribution in [0.15, 0.2) is 54.1 Å². The van der Waals surface area contributed by atoms with Crippen LogP contribution in [0.1, 0.15) is 55.8 Å². The van der Waals surface area contributed by atoms with Crippen LogP contribution in [0.5, 0.6) is 5.75 Å². The Kier molecular flexibility index (Phi) is 6.93. The van der Waals surface area contributed by atoms with E-state index < -0.39 is 17.7 Å². The summed E-state index contributed by atoms with van der Waals surface area (Å²) >= 11 is 0. The van der Waals surface area contributed by atoms with Crippen LogP contribution in [-0.2, 0) is 9.59 Å². The van der Waals surface area contributed by atoms with E-state index in [0.717, 1.165) is 30.4 Å². The number of hydrogen-bond donors (Lipinski definition) is 1. The van der Waals surface area contributed by atoms with Gasteiger partial charge in [0.25, 0.3) is 11.7 Å². The molecule has 30 heavy (non-hydrogen) atoms. The summed E-state index contributed by atoms with van der Waals surface area (Å²) in [4.78, 5) is 27.4. The summed E-state index contributed by atoms with van der Waals surface area (Å²) in [7, 11) is 0. The molecule has 1 aliphatic heterocycles. The zero-order chi connectivity index (χ0) is 21.7. The Balaban J connectivity index is 2.07. The predicted molar refractivity (Wildman–Crippen MR) is 117 cm³/mol. The SMILES string of the molecule is CCCCCN1C(=O)C(=O)/C(=C(\O)c2ccc(OCC)cc2)C1c1cccc(C)c1. The van der Waals surface area contributed by atoms with Crippen molar-refractivity contribution in [2.75, 3.05) is 13.2 Å². The second kappa shape index (κ2) is 9.61. The van der Waals surface area contributed by atoms with Gasteiger partial charge >= 0.3 is 0 Å². The summed E-state index contributed by atoms with van der Waals surface area (Å²) in [5.41, 5.74) is 2.50. The Morgan fingerprint density at radius 1 is 1.07 bits per heavy atom. The van der Waals surface area contributed by atoms with Crippen LogP contribution in [-0.4, -0.2) is 34.8 Å². The van der Waals surface area contributed by atoms with Crippen LogP contribution in [0.25, 0.3) is 5.76 Å². The van der Waals surface area contributed by atoms with E-state index in [9.17, 15) is 14.7 Å². The van der Waals surface area contributed by atoms with Gasteiger partial charge in [-0.15, -0.1) is 0 Å².